The molecule has 0 aromatic carbocycles. The Morgan fingerprint density at radius 1 is 0.762 bits per heavy atom. The van der Waals surface area contributed by atoms with Crippen molar-refractivity contribution in [3.63, 3.8) is 0 Å². The predicted octanol–water partition coefficient (Wildman–Crippen LogP) is 5.10. The smallest absolute Gasteiger partial charge is 0.0129 e. The molecular weight excluding hydrogens is 254 g/mol. The molecule has 1 heteroatoms. The fourth-order valence-electron chi connectivity index (χ4n) is 6.90. The van der Waals surface area contributed by atoms with Crippen molar-refractivity contribution in [2.24, 2.45) is 29.6 Å². The first-order chi connectivity index (χ1) is 10.4. The molecule has 3 saturated carbocycles. The van der Waals surface area contributed by atoms with Crippen LogP contribution in [0.4, 0.5) is 0 Å². The Kier molecular flexibility index (Phi) is 4.31. The van der Waals surface area contributed by atoms with Crippen molar-refractivity contribution in [3.8, 4) is 0 Å². The van der Waals surface area contributed by atoms with E-state index in [4.69, 9.17) is 0 Å². The van der Waals surface area contributed by atoms with Crippen LogP contribution in [-0.4, -0.2) is 24.0 Å². The molecule has 21 heavy (non-hydrogen) atoms. The number of piperidine rings is 1. The first kappa shape index (κ1) is 14.5. The Labute approximate surface area is 131 Å². The molecule has 3 aliphatic carbocycles. The van der Waals surface area contributed by atoms with Gasteiger partial charge in [-0.2, -0.15) is 0 Å². The number of rotatable bonds is 4. The first-order valence-corrected chi connectivity index (χ1v) is 10.1. The molecule has 4 aliphatic rings. The minimum absolute atomic E-state index is 0.989. The maximum Gasteiger partial charge on any atom is 0.0129 e. The Balaban J connectivity index is 1.50. The third-order valence-electron chi connectivity index (χ3n) is 7.72. The van der Waals surface area contributed by atoms with Gasteiger partial charge in [0.15, 0.2) is 0 Å². The summed E-state index contributed by atoms with van der Waals surface area (Å²) in [5.74, 6) is 5.62. The molecule has 0 radical (unpaired) electrons. The first-order valence-electron chi connectivity index (χ1n) is 10.1. The van der Waals surface area contributed by atoms with Crippen molar-refractivity contribution in [1.29, 1.82) is 0 Å². The quantitative estimate of drug-likeness (QED) is 0.651. The van der Waals surface area contributed by atoms with Crippen LogP contribution in [0.25, 0.3) is 0 Å². The molecule has 4 fully saturated rings. The van der Waals surface area contributed by atoms with Gasteiger partial charge >= 0.3 is 0 Å². The number of hydrogen-bond acceptors (Lipinski definition) is 1. The van der Waals surface area contributed by atoms with E-state index in [0.717, 1.165) is 35.6 Å². The summed E-state index contributed by atoms with van der Waals surface area (Å²) in [6, 6.07) is 0.989. The second kappa shape index (κ2) is 6.22. The molecule has 6 atom stereocenters. The van der Waals surface area contributed by atoms with Crippen LogP contribution in [0.5, 0.6) is 0 Å². The number of nitrogens with zero attached hydrogens (tertiary/aromatic N) is 1. The van der Waals surface area contributed by atoms with Crippen LogP contribution in [0, 0.1) is 29.6 Å². The van der Waals surface area contributed by atoms with Crippen molar-refractivity contribution in [2.45, 2.75) is 83.6 Å². The van der Waals surface area contributed by atoms with Crippen LogP contribution in [0.2, 0.25) is 0 Å². The van der Waals surface area contributed by atoms with Crippen LogP contribution < -0.4 is 0 Å². The topological polar surface area (TPSA) is 3.24 Å². The second-order valence-corrected chi connectivity index (χ2v) is 8.62. The predicted molar refractivity (Wildman–Crippen MR) is 89.3 cm³/mol. The molecule has 0 aromatic heterocycles. The van der Waals surface area contributed by atoms with Gasteiger partial charge in [0.05, 0.1) is 0 Å². The standard InChI is InChI=1S/C20H35N/c1-2-3-4-13-21-14-12-17-9-8-15-6-5-7-16-10-11-18(21)20(17)19(15)16/h15-20H,2-14H2,1H3. The Morgan fingerprint density at radius 3 is 2.24 bits per heavy atom. The molecule has 4 rings (SSSR count). The molecule has 0 N–H and O–H groups in total. The highest BCUT2D eigenvalue weighted by atomic mass is 15.2. The minimum Gasteiger partial charge on any atom is -0.300 e. The van der Waals surface area contributed by atoms with Crippen LogP contribution in [0.3, 0.4) is 0 Å². The highest BCUT2D eigenvalue weighted by Crippen LogP contribution is 2.57. The molecule has 1 saturated heterocycles. The van der Waals surface area contributed by atoms with Gasteiger partial charge in [-0.05, 0) is 81.2 Å². The van der Waals surface area contributed by atoms with E-state index < -0.39 is 0 Å². The summed E-state index contributed by atoms with van der Waals surface area (Å²) in [5, 5.41) is 0. The molecule has 6 unspecified atom stereocenters. The maximum atomic E-state index is 2.95. The monoisotopic (exact) mass is 289 g/mol. The zero-order chi connectivity index (χ0) is 14.2. The van der Waals surface area contributed by atoms with Crippen LogP contribution in [0.1, 0.15) is 77.6 Å². The maximum absolute atomic E-state index is 2.95. The molecule has 120 valence electrons. The summed E-state index contributed by atoms with van der Waals surface area (Å²) >= 11 is 0. The van der Waals surface area contributed by atoms with Crippen LogP contribution in [-0.2, 0) is 0 Å². The molecule has 0 amide bonds. The molecule has 0 aromatic rings. The van der Waals surface area contributed by atoms with E-state index >= 15 is 0 Å². The fourth-order valence-corrected chi connectivity index (χ4v) is 6.90. The lowest BCUT2D eigenvalue weighted by molar-refractivity contribution is -0.102. The lowest BCUT2D eigenvalue weighted by Gasteiger charge is -2.60. The molecular formula is C20H35N. The summed E-state index contributed by atoms with van der Waals surface area (Å²) < 4.78 is 0. The van der Waals surface area contributed by atoms with Gasteiger partial charge in [0.2, 0.25) is 0 Å². The van der Waals surface area contributed by atoms with Crippen molar-refractivity contribution >= 4 is 0 Å². The van der Waals surface area contributed by atoms with Gasteiger partial charge < -0.3 is 4.90 Å². The number of likely N-dealkylation sites (tertiary alicyclic amines) is 1. The minimum atomic E-state index is 0.989. The second-order valence-electron chi connectivity index (χ2n) is 8.62. The summed E-state index contributed by atoms with van der Waals surface area (Å²) in [6.07, 6.45) is 16.8. The van der Waals surface area contributed by atoms with Gasteiger partial charge in [0.25, 0.3) is 0 Å². The summed E-state index contributed by atoms with van der Waals surface area (Å²) in [5.41, 5.74) is 0. The molecule has 1 heterocycles. The van der Waals surface area contributed by atoms with Crippen molar-refractivity contribution in [1.82, 2.24) is 4.90 Å². The van der Waals surface area contributed by atoms with E-state index in [1.54, 1.807) is 44.9 Å². The van der Waals surface area contributed by atoms with Crippen molar-refractivity contribution in [3.05, 3.63) is 0 Å². The van der Waals surface area contributed by atoms with E-state index in [9.17, 15) is 0 Å². The normalized spacial score (nSPS) is 46.1. The van der Waals surface area contributed by atoms with E-state index in [0.29, 0.717) is 0 Å². The average Bonchev–Trinajstić information content (AvgIpc) is 2.54. The highest BCUT2D eigenvalue weighted by Gasteiger charge is 2.52. The van der Waals surface area contributed by atoms with Gasteiger partial charge in [-0.1, -0.05) is 39.0 Å². The SMILES string of the molecule is CCCCCN1CCC2CCC3CCCC4CCC1C2C34. The van der Waals surface area contributed by atoms with Gasteiger partial charge in [-0.25, -0.2) is 0 Å². The molecule has 0 spiro atoms. The third-order valence-corrected chi connectivity index (χ3v) is 7.72. The summed E-state index contributed by atoms with van der Waals surface area (Å²) in [4.78, 5) is 2.95. The molecule has 1 aliphatic heterocycles. The third kappa shape index (κ3) is 2.58. The summed E-state index contributed by atoms with van der Waals surface area (Å²) in [7, 11) is 0. The zero-order valence-electron chi connectivity index (χ0n) is 14.1. The Morgan fingerprint density at radius 2 is 1.48 bits per heavy atom. The Bertz CT molecular complexity index is 344. The van der Waals surface area contributed by atoms with Gasteiger partial charge in [0.1, 0.15) is 0 Å². The largest absolute Gasteiger partial charge is 0.300 e. The van der Waals surface area contributed by atoms with E-state index in [1.807, 2.05) is 0 Å². The Hall–Kier alpha value is -0.0400. The van der Waals surface area contributed by atoms with Gasteiger partial charge in [-0.3, -0.25) is 0 Å². The van der Waals surface area contributed by atoms with Crippen LogP contribution in [0.15, 0.2) is 0 Å². The van der Waals surface area contributed by atoms with E-state index in [1.165, 1.54) is 38.8 Å². The van der Waals surface area contributed by atoms with E-state index in [-0.39, 0.29) is 0 Å². The lowest BCUT2D eigenvalue weighted by atomic mass is 9.50. The number of hydrogen-bond donors (Lipinski definition) is 0. The zero-order valence-corrected chi connectivity index (χ0v) is 14.1. The van der Waals surface area contributed by atoms with E-state index in [2.05, 4.69) is 11.8 Å². The molecule has 0 bridgehead atoms. The van der Waals surface area contributed by atoms with Crippen molar-refractivity contribution < 1.29 is 0 Å². The number of unbranched alkanes of at least 4 members (excludes halogenated alkanes) is 2. The lowest BCUT2D eigenvalue weighted by Crippen LogP contribution is -2.59. The van der Waals surface area contributed by atoms with Crippen LogP contribution >= 0.6 is 0 Å². The molecule has 1 nitrogen and oxygen atoms in total. The fraction of sp³-hybridized carbons (Fsp3) is 1.00. The van der Waals surface area contributed by atoms with Crippen molar-refractivity contribution in [2.75, 3.05) is 13.1 Å². The average molecular weight is 290 g/mol. The van der Waals surface area contributed by atoms with Gasteiger partial charge in [-0.15, -0.1) is 0 Å². The summed E-state index contributed by atoms with van der Waals surface area (Å²) in [6.45, 7) is 5.17. The highest BCUT2D eigenvalue weighted by molar-refractivity contribution is 5.03. The van der Waals surface area contributed by atoms with Gasteiger partial charge in [0, 0.05) is 6.04 Å².